The Bertz CT molecular complexity index is 471. The summed E-state index contributed by atoms with van der Waals surface area (Å²) in [5.41, 5.74) is 0. The van der Waals surface area contributed by atoms with Crippen LogP contribution in [-0.2, 0) is 10.0 Å². The largest absolute Gasteiger partial charge is 0.332 e. The maximum absolute atomic E-state index is 12.1. The molecule has 90 valence electrons. The molecule has 0 aromatic carbocycles. The summed E-state index contributed by atoms with van der Waals surface area (Å²) >= 11 is 5.73. The molecule has 0 bridgehead atoms. The predicted molar refractivity (Wildman–Crippen MR) is 60.9 cm³/mol. The minimum Gasteiger partial charge on any atom is -0.332 e. The van der Waals surface area contributed by atoms with Gasteiger partial charge < -0.3 is 4.98 Å². The number of hydrogen-bond acceptors (Lipinski definition) is 3. The second-order valence-corrected chi connectivity index (χ2v) is 6.22. The van der Waals surface area contributed by atoms with Crippen LogP contribution in [0, 0.1) is 12.8 Å². The maximum atomic E-state index is 12.1. The highest BCUT2D eigenvalue weighted by Gasteiger charge is 2.33. The summed E-state index contributed by atoms with van der Waals surface area (Å²) in [4.78, 5) is 6.66. The van der Waals surface area contributed by atoms with E-state index >= 15 is 0 Å². The number of aromatic nitrogens is 2. The summed E-state index contributed by atoms with van der Waals surface area (Å²) in [5.74, 6) is 1.38. The van der Waals surface area contributed by atoms with Crippen molar-refractivity contribution in [3.8, 4) is 0 Å². The average molecular weight is 264 g/mol. The highest BCUT2D eigenvalue weighted by Crippen LogP contribution is 2.23. The molecule has 1 unspecified atom stereocenters. The number of rotatable bonds is 3. The minimum atomic E-state index is -3.40. The van der Waals surface area contributed by atoms with Gasteiger partial charge in [-0.3, -0.25) is 0 Å². The van der Waals surface area contributed by atoms with Crippen molar-refractivity contribution in [3.63, 3.8) is 0 Å². The number of nitrogens with one attached hydrogen (secondary N) is 1. The Kier molecular flexibility index (Phi) is 3.23. The van der Waals surface area contributed by atoms with Crippen LogP contribution in [0.4, 0.5) is 0 Å². The summed E-state index contributed by atoms with van der Waals surface area (Å²) in [6, 6.07) is 0. The molecule has 1 atom stereocenters. The normalized spacial score (nSPS) is 22.8. The van der Waals surface area contributed by atoms with Crippen LogP contribution < -0.4 is 0 Å². The van der Waals surface area contributed by atoms with E-state index in [2.05, 4.69) is 9.97 Å². The summed E-state index contributed by atoms with van der Waals surface area (Å²) < 4.78 is 25.7. The van der Waals surface area contributed by atoms with Gasteiger partial charge in [-0.2, -0.15) is 4.31 Å². The fourth-order valence-electron chi connectivity index (χ4n) is 1.81. The van der Waals surface area contributed by atoms with Crippen molar-refractivity contribution in [2.45, 2.75) is 18.4 Å². The number of aromatic amines is 1. The van der Waals surface area contributed by atoms with Crippen LogP contribution in [0.3, 0.4) is 0 Å². The lowest BCUT2D eigenvalue weighted by Crippen LogP contribution is -2.29. The number of halogens is 1. The Labute approximate surface area is 99.9 Å². The molecule has 0 amide bonds. The molecule has 0 spiro atoms. The fraction of sp³-hybridized carbons (Fsp3) is 0.667. The van der Waals surface area contributed by atoms with Crippen LogP contribution in [0.25, 0.3) is 0 Å². The molecule has 0 saturated carbocycles. The van der Waals surface area contributed by atoms with Crippen molar-refractivity contribution in [2.75, 3.05) is 19.0 Å². The van der Waals surface area contributed by atoms with Gasteiger partial charge >= 0.3 is 0 Å². The molecule has 1 saturated heterocycles. The Balaban J connectivity index is 2.21. The molecule has 1 N–H and O–H groups in total. The minimum absolute atomic E-state index is 0.167. The summed E-state index contributed by atoms with van der Waals surface area (Å²) in [6.07, 6.45) is 2.19. The smallest absolute Gasteiger partial charge is 0.260 e. The zero-order chi connectivity index (χ0) is 11.8. The number of H-pyrrole nitrogens is 1. The van der Waals surface area contributed by atoms with Crippen LogP contribution in [0.5, 0.6) is 0 Å². The van der Waals surface area contributed by atoms with E-state index in [1.165, 1.54) is 10.5 Å². The first-order valence-corrected chi connectivity index (χ1v) is 7.09. The van der Waals surface area contributed by atoms with Crippen LogP contribution in [0.1, 0.15) is 12.2 Å². The molecule has 1 aromatic heterocycles. The third-order valence-electron chi connectivity index (χ3n) is 2.76. The molecule has 2 rings (SSSR count). The van der Waals surface area contributed by atoms with Crippen molar-refractivity contribution >= 4 is 21.6 Å². The number of imidazole rings is 1. The van der Waals surface area contributed by atoms with E-state index in [4.69, 9.17) is 11.6 Å². The Morgan fingerprint density at radius 3 is 2.94 bits per heavy atom. The number of alkyl halides is 1. The molecule has 1 aliphatic heterocycles. The molecule has 0 aliphatic carbocycles. The summed E-state index contributed by atoms with van der Waals surface area (Å²) in [6.45, 7) is 2.77. The summed E-state index contributed by atoms with van der Waals surface area (Å²) in [5, 5.41) is 0.167. The van der Waals surface area contributed by atoms with E-state index in [-0.39, 0.29) is 10.9 Å². The van der Waals surface area contributed by atoms with Gasteiger partial charge in [0.05, 0.1) is 6.20 Å². The lowest BCUT2D eigenvalue weighted by molar-refractivity contribution is 0.463. The Morgan fingerprint density at radius 2 is 2.44 bits per heavy atom. The van der Waals surface area contributed by atoms with Crippen molar-refractivity contribution in [1.29, 1.82) is 0 Å². The van der Waals surface area contributed by atoms with E-state index in [9.17, 15) is 8.42 Å². The standard InChI is InChI=1S/C9H14ClN3O2S/c1-7-11-5-9(12-7)16(14,15)13-3-2-8(4-10)6-13/h5,8H,2-4,6H2,1H3,(H,11,12). The molecule has 1 aromatic rings. The van der Waals surface area contributed by atoms with Gasteiger partial charge in [0.1, 0.15) is 5.82 Å². The first-order chi connectivity index (χ1) is 7.54. The zero-order valence-corrected chi connectivity index (χ0v) is 10.6. The van der Waals surface area contributed by atoms with Gasteiger partial charge in [-0.15, -0.1) is 11.6 Å². The van der Waals surface area contributed by atoms with Gasteiger partial charge in [-0.1, -0.05) is 0 Å². The van der Waals surface area contributed by atoms with Crippen molar-refractivity contribution in [2.24, 2.45) is 5.92 Å². The molecule has 0 radical (unpaired) electrons. The molecular formula is C9H14ClN3O2S. The first-order valence-electron chi connectivity index (χ1n) is 5.11. The number of hydrogen-bond donors (Lipinski definition) is 1. The third-order valence-corrected chi connectivity index (χ3v) is 4.98. The molecule has 1 aliphatic rings. The van der Waals surface area contributed by atoms with Gasteiger partial charge in [-0.25, -0.2) is 13.4 Å². The van der Waals surface area contributed by atoms with Gasteiger partial charge in [-0.05, 0) is 19.3 Å². The quantitative estimate of drug-likeness (QED) is 0.827. The second-order valence-electron chi connectivity index (χ2n) is 4.00. The average Bonchev–Trinajstić information content (AvgIpc) is 2.85. The summed E-state index contributed by atoms with van der Waals surface area (Å²) in [7, 11) is -3.40. The van der Waals surface area contributed by atoms with Crippen molar-refractivity contribution in [1.82, 2.24) is 14.3 Å². The lowest BCUT2D eigenvalue weighted by Gasteiger charge is -2.14. The second kappa shape index (κ2) is 4.35. The van der Waals surface area contributed by atoms with Gasteiger partial charge in [0.15, 0.2) is 5.03 Å². The third kappa shape index (κ3) is 2.09. The highest BCUT2D eigenvalue weighted by atomic mass is 35.5. The number of nitrogens with zero attached hydrogens (tertiary/aromatic N) is 2. The lowest BCUT2D eigenvalue weighted by atomic mass is 10.2. The van der Waals surface area contributed by atoms with Crippen molar-refractivity contribution < 1.29 is 8.42 Å². The SMILES string of the molecule is Cc1ncc(S(=O)(=O)N2CCC(CCl)C2)[nH]1. The molecule has 2 heterocycles. The van der Waals surface area contributed by atoms with Crippen LogP contribution in [0.2, 0.25) is 0 Å². The van der Waals surface area contributed by atoms with Crippen LogP contribution in [-0.4, -0.2) is 41.7 Å². The first kappa shape index (κ1) is 11.9. The molecule has 5 nitrogen and oxygen atoms in total. The van der Waals surface area contributed by atoms with Gasteiger partial charge in [0.25, 0.3) is 10.0 Å². The van der Waals surface area contributed by atoms with Gasteiger partial charge in [0, 0.05) is 19.0 Å². The predicted octanol–water partition coefficient (Wildman–Crippen LogP) is 0.968. The topological polar surface area (TPSA) is 66.1 Å². The Morgan fingerprint density at radius 1 is 1.69 bits per heavy atom. The molecular weight excluding hydrogens is 250 g/mol. The van der Waals surface area contributed by atoms with Crippen molar-refractivity contribution in [3.05, 3.63) is 12.0 Å². The zero-order valence-electron chi connectivity index (χ0n) is 8.98. The maximum Gasteiger partial charge on any atom is 0.260 e. The monoisotopic (exact) mass is 263 g/mol. The van der Waals surface area contributed by atoms with E-state index in [1.54, 1.807) is 6.92 Å². The van der Waals surface area contributed by atoms with E-state index in [0.29, 0.717) is 24.8 Å². The van der Waals surface area contributed by atoms with Crippen LogP contribution >= 0.6 is 11.6 Å². The molecule has 1 fully saturated rings. The number of aryl methyl sites for hydroxylation is 1. The molecule has 16 heavy (non-hydrogen) atoms. The van der Waals surface area contributed by atoms with Gasteiger partial charge in [0.2, 0.25) is 0 Å². The Hall–Kier alpha value is -0.590. The molecule has 7 heteroatoms. The fourth-order valence-corrected chi connectivity index (χ4v) is 3.56. The van der Waals surface area contributed by atoms with E-state index in [0.717, 1.165) is 6.42 Å². The highest BCUT2D eigenvalue weighted by molar-refractivity contribution is 7.89. The van der Waals surface area contributed by atoms with E-state index < -0.39 is 10.0 Å². The van der Waals surface area contributed by atoms with Crippen LogP contribution in [0.15, 0.2) is 11.2 Å². The number of sulfonamides is 1. The van der Waals surface area contributed by atoms with E-state index in [1.807, 2.05) is 0 Å².